The van der Waals surface area contributed by atoms with Gasteiger partial charge in [-0.25, -0.2) is 0 Å². The Morgan fingerprint density at radius 2 is 2.06 bits per heavy atom. The van der Waals surface area contributed by atoms with Gasteiger partial charge in [0.25, 0.3) is 0 Å². The lowest BCUT2D eigenvalue weighted by molar-refractivity contribution is 0.0329. The van der Waals surface area contributed by atoms with Gasteiger partial charge in [0.2, 0.25) is 5.43 Å². The van der Waals surface area contributed by atoms with E-state index in [-0.39, 0.29) is 17.2 Å². The van der Waals surface area contributed by atoms with Crippen molar-refractivity contribution < 1.29 is 9.84 Å². The van der Waals surface area contributed by atoms with E-state index >= 15 is 0 Å². The van der Waals surface area contributed by atoms with Crippen LogP contribution in [0.2, 0.25) is 0 Å². The molecule has 1 aromatic rings. The molecule has 0 aliphatic carbocycles. The van der Waals surface area contributed by atoms with Gasteiger partial charge in [-0.15, -0.1) is 0 Å². The molecule has 18 heavy (non-hydrogen) atoms. The molecule has 0 radical (unpaired) electrons. The van der Waals surface area contributed by atoms with Gasteiger partial charge in [-0.2, -0.15) is 0 Å². The first-order chi connectivity index (χ1) is 8.58. The van der Waals surface area contributed by atoms with Crippen LogP contribution in [0.5, 0.6) is 5.75 Å². The molecule has 0 amide bonds. The van der Waals surface area contributed by atoms with E-state index in [1.807, 2.05) is 18.4 Å². The van der Waals surface area contributed by atoms with Crippen molar-refractivity contribution in [3.05, 3.63) is 28.2 Å². The zero-order valence-corrected chi connectivity index (χ0v) is 10.9. The van der Waals surface area contributed by atoms with E-state index in [2.05, 4.69) is 4.90 Å². The fourth-order valence-corrected chi connectivity index (χ4v) is 2.17. The molecule has 5 nitrogen and oxygen atoms in total. The van der Waals surface area contributed by atoms with Crippen molar-refractivity contribution in [2.24, 2.45) is 0 Å². The van der Waals surface area contributed by atoms with E-state index in [4.69, 9.17) is 4.74 Å². The molecule has 1 aliphatic rings. The molecule has 1 aliphatic heterocycles. The molecule has 0 bridgehead atoms. The van der Waals surface area contributed by atoms with Gasteiger partial charge in [0.15, 0.2) is 5.75 Å². The quantitative estimate of drug-likeness (QED) is 0.871. The highest BCUT2D eigenvalue weighted by atomic mass is 16.5. The summed E-state index contributed by atoms with van der Waals surface area (Å²) >= 11 is 0. The smallest absolute Gasteiger partial charge is 0.223 e. The van der Waals surface area contributed by atoms with Gasteiger partial charge in [-0.05, 0) is 13.8 Å². The first-order valence-corrected chi connectivity index (χ1v) is 6.32. The van der Waals surface area contributed by atoms with Crippen molar-refractivity contribution in [3.63, 3.8) is 0 Å². The maximum Gasteiger partial charge on any atom is 0.223 e. The van der Waals surface area contributed by atoms with Crippen LogP contribution in [0.15, 0.2) is 17.1 Å². The zero-order valence-electron chi connectivity index (χ0n) is 10.9. The Kier molecular flexibility index (Phi) is 4.04. The maximum atomic E-state index is 11.5. The van der Waals surface area contributed by atoms with E-state index in [9.17, 15) is 9.90 Å². The first-order valence-electron chi connectivity index (χ1n) is 6.32. The lowest BCUT2D eigenvalue weighted by Gasteiger charge is -2.28. The average Bonchev–Trinajstić information content (AvgIpc) is 2.34. The third kappa shape index (κ3) is 2.91. The van der Waals surface area contributed by atoms with Crippen molar-refractivity contribution in [1.82, 2.24) is 9.47 Å². The molecule has 1 fully saturated rings. The highest BCUT2D eigenvalue weighted by molar-refractivity contribution is 5.21. The van der Waals surface area contributed by atoms with Crippen LogP contribution in [0.1, 0.15) is 25.6 Å². The summed E-state index contributed by atoms with van der Waals surface area (Å²) in [5.41, 5.74) is 0.629. The number of pyridine rings is 1. The highest BCUT2D eigenvalue weighted by Crippen LogP contribution is 2.14. The minimum absolute atomic E-state index is 0.186. The summed E-state index contributed by atoms with van der Waals surface area (Å²) in [5.74, 6) is -0.186. The lowest BCUT2D eigenvalue weighted by Crippen LogP contribution is -2.36. The molecule has 1 N–H and O–H groups in total. The molecular formula is C13H20N2O3. The van der Waals surface area contributed by atoms with Crippen LogP contribution in [0.25, 0.3) is 0 Å². The molecular weight excluding hydrogens is 232 g/mol. The van der Waals surface area contributed by atoms with Crippen molar-refractivity contribution in [3.8, 4) is 5.75 Å². The molecule has 2 heterocycles. The number of morpholine rings is 1. The van der Waals surface area contributed by atoms with Gasteiger partial charge >= 0.3 is 0 Å². The molecule has 0 spiro atoms. The van der Waals surface area contributed by atoms with E-state index in [0.717, 1.165) is 38.5 Å². The van der Waals surface area contributed by atoms with E-state index in [1.165, 1.54) is 12.3 Å². The van der Waals surface area contributed by atoms with Crippen molar-refractivity contribution >= 4 is 0 Å². The molecule has 0 unspecified atom stereocenters. The molecule has 100 valence electrons. The molecule has 1 aromatic heterocycles. The number of hydrogen-bond acceptors (Lipinski definition) is 4. The summed E-state index contributed by atoms with van der Waals surface area (Å²) in [6, 6.07) is 1.75. The first kappa shape index (κ1) is 13.1. The fraction of sp³-hybridized carbons (Fsp3) is 0.615. The summed E-state index contributed by atoms with van der Waals surface area (Å²) in [4.78, 5) is 13.8. The number of aromatic hydroxyl groups is 1. The molecule has 0 saturated carbocycles. The van der Waals surface area contributed by atoms with Crippen molar-refractivity contribution in [2.75, 3.05) is 26.3 Å². The lowest BCUT2D eigenvalue weighted by atomic mass is 10.2. The summed E-state index contributed by atoms with van der Waals surface area (Å²) in [6.07, 6.45) is 1.53. The summed E-state index contributed by atoms with van der Waals surface area (Å²) in [6.45, 7) is 8.03. The summed E-state index contributed by atoms with van der Waals surface area (Å²) in [5, 5.41) is 9.51. The average molecular weight is 252 g/mol. The van der Waals surface area contributed by atoms with Gasteiger partial charge < -0.3 is 14.4 Å². The number of aromatic nitrogens is 1. The predicted molar refractivity (Wildman–Crippen MR) is 68.8 cm³/mol. The van der Waals surface area contributed by atoms with Crippen LogP contribution in [-0.4, -0.2) is 40.9 Å². The maximum absolute atomic E-state index is 11.5. The van der Waals surface area contributed by atoms with E-state index < -0.39 is 0 Å². The second-order valence-electron chi connectivity index (χ2n) is 4.90. The Morgan fingerprint density at radius 3 is 2.67 bits per heavy atom. The SMILES string of the molecule is CC(C)n1cc(O)c(=O)cc1CN1CCOCC1. The Morgan fingerprint density at radius 1 is 1.39 bits per heavy atom. The van der Waals surface area contributed by atoms with Gasteiger partial charge in [0.05, 0.1) is 19.4 Å². The standard InChI is InChI=1S/C13H20N2O3/c1-10(2)15-9-13(17)12(16)7-11(15)8-14-3-5-18-6-4-14/h7,9-10,17H,3-6,8H2,1-2H3. The zero-order chi connectivity index (χ0) is 13.1. The van der Waals surface area contributed by atoms with Crippen molar-refractivity contribution in [2.45, 2.75) is 26.4 Å². The minimum Gasteiger partial charge on any atom is -0.503 e. The van der Waals surface area contributed by atoms with Gasteiger partial charge in [0, 0.05) is 37.4 Å². The Bertz CT molecular complexity index is 462. The van der Waals surface area contributed by atoms with Crippen LogP contribution < -0.4 is 5.43 Å². The third-order valence-electron chi connectivity index (χ3n) is 3.19. The number of ether oxygens (including phenoxy) is 1. The fourth-order valence-electron chi connectivity index (χ4n) is 2.17. The summed E-state index contributed by atoms with van der Waals surface area (Å²) in [7, 11) is 0. The Hall–Kier alpha value is -1.33. The van der Waals surface area contributed by atoms with Crippen LogP contribution in [0, 0.1) is 0 Å². The largest absolute Gasteiger partial charge is 0.503 e. The highest BCUT2D eigenvalue weighted by Gasteiger charge is 2.14. The molecule has 5 heteroatoms. The summed E-state index contributed by atoms with van der Waals surface area (Å²) < 4.78 is 7.26. The molecule has 0 atom stereocenters. The Balaban J connectivity index is 2.24. The third-order valence-corrected chi connectivity index (χ3v) is 3.19. The van der Waals surface area contributed by atoms with Gasteiger partial charge in [-0.3, -0.25) is 9.69 Å². The second-order valence-corrected chi connectivity index (χ2v) is 4.90. The monoisotopic (exact) mass is 252 g/mol. The van der Waals surface area contributed by atoms with Crippen LogP contribution in [-0.2, 0) is 11.3 Å². The minimum atomic E-state index is -0.310. The number of nitrogens with zero attached hydrogens (tertiary/aromatic N) is 2. The van der Waals surface area contributed by atoms with Gasteiger partial charge in [0.1, 0.15) is 0 Å². The topological polar surface area (TPSA) is 54.7 Å². The van der Waals surface area contributed by atoms with Crippen LogP contribution in [0.3, 0.4) is 0 Å². The van der Waals surface area contributed by atoms with Gasteiger partial charge in [-0.1, -0.05) is 0 Å². The van der Waals surface area contributed by atoms with Crippen LogP contribution in [0.4, 0.5) is 0 Å². The predicted octanol–water partition coefficient (Wildman–Crippen LogP) is 0.967. The van der Waals surface area contributed by atoms with Crippen molar-refractivity contribution in [1.29, 1.82) is 0 Å². The molecule has 2 rings (SSSR count). The Labute approximate surface area is 107 Å². The number of rotatable bonds is 3. The molecule has 1 saturated heterocycles. The van der Waals surface area contributed by atoms with Crippen LogP contribution >= 0.6 is 0 Å². The van der Waals surface area contributed by atoms with E-state index in [0.29, 0.717) is 0 Å². The van der Waals surface area contributed by atoms with E-state index in [1.54, 1.807) is 0 Å². The normalized spacial score (nSPS) is 17.3. The molecule has 0 aromatic carbocycles. The number of hydrogen-bond donors (Lipinski definition) is 1. The second kappa shape index (κ2) is 5.54.